The van der Waals surface area contributed by atoms with Crippen LogP contribution in [0.2, 0.25) is 0 Å². The van der Waals surface area contributed by atoms with Crippen molar-refractivity contribution in [1.29, 1.82) is 0 Å². The van der Waals surface area contributed by atoms with E-state index in [0.717, 1.165) is 37.6 Å². The molecule has 2 aliphatic heterocycles. The molecule has 132 valence electrons. The number of aliphatic imine (C=N–C) groups is 1. The number of benzene rings is 2. The van der Waals surface area contributed by atoms with Crippen LogP contribution in [0.25, 0.3) is 6.08 Å². The van der Waals surface area contributed by atoms with Crippen LogP contribution in [-0.4, -0.2) is 37.4 Å². The fourth-order valence-electron chi connectivity index (χ4n) is 2.85. The van der Waals surface area contributed by atoms with E-state index < -0.39 is 0 Å². The van der Waals surface area contributed by atoms with Gasteiger partial charge in [0.05, 0.1) is 23.8 Å². The number of anilines is 1. The Labute approximate surface area is 156 Å². The molecule has 6 heteroatoms. The molecule has 2 saturated heterocycles. The van der Waals surface area contributed by atoms with Crippen LogP contribution in [0.4, 0.5) is 11.4 Å². The summed E-state index contributed by atoms with van der Waals surface area (Å²) in [5.74, 6) is -0.109. The van der Waals surface area contributed by atoms with Crippen molar-refractivity contribution in [2.24, 2.45) is 4.99 Å². The van der Waals surface area contributed by atoms with Crippen molar-refractivity contribution in [3.05, 3.63) is 65.1 Å². The summed E-state index contributed by atoms with van der Waals surface area (Å²) in [5.41, 5.74) is 3.01. The van der Waals surface area contributed by atoms with Crippen molar-refractivity contribution >= 4 is 40.3 Å². The summed E-state index contributed by atoms with van der Waals surface area (Å²) < 4.78 is 5.39. The van der Waals surface area contributed by atoms with E-state index in [0.29, 0.717) is 10.1 Å². The molecular weight excluding hydrogens is 346 g/mol. The Morgan fingerprint density at radius 3 is 2.50 bits per heavy atom. The monoisotopic (exact) mass is 365 g/mol. The number of thioether (sulfide) groups is 1. The number of ether oxygens (including phenoxy) is 1. The van der Waals surface area contributed by atoms with Gasteiger partial charge in [-0.1, -0.05) is 30.3 Å². The minimum atomic E-state index is -0.109. The smallest absolute Gasteiger partial charge is 0.264 e. The number of nitrogens with one attached hydrogen (secondary N) is 1. The second-order valence-electron chi connectivity index (χ2n) is 6.01. The molecule has 0 saturated carbocycles. The highest BCUT2D eigenvalue weighted by atomic mass is 32.2. The van der Waals surface area contributed by atoms with E-state index in [2.05, 4.69) is 27.3 Å². The van der Waals surface area contributed by atoms with Gasteiger partial charge in [-0.05, 0) is 47.7 Å². The molecule has 2 aromatic carbocycles. The number of carbonyl (C=O) groups is 1. The Bertz CT molecular complexity index is 841. The number of carbonyl (C=O) groups excluding carboxylic acids is 1. The molecule has 5 nitrogen and oxygen atoms in total. The molecular formula is C20H19N3O2S. The van der Waals surface area contributed by atoms with Crippen molar-refractivity contribution < 1.29 is 9.53 Å². The van der Waals surface area contributed by atoms with Gasteiger partial charge in [0.2, 0.25) is 0 Å². The number of hydrogen-bond donors (Lipinski definition) is 1. The first-order chi connectivity index (χ1) is 12.8. The third kappa shape index (κ3) is 3.98. The molecule has 4 rings (SSSR count). The topological polar surface area (TPSA) is 53.9 Å². The van der Waals surface area contributed by atoms with E-state index >= 15 is 0 Å². The number of amidine groups is 1. The molecule has 2 aromatic rings. The van der Waals surface area contributed by atoms with Gasteiger partial charge in [-0.3, -0.25) is 4.79 Å². The molecule has 0 bridgehead atoms. The third-order valence-corrected chi connectivity index (χ3v) is 5.11. The molecule has 0 radical (unpaired) electrons. The summed E-state index contributed by atoms with van der Waals surface area (Å²) in [6.45, 7) is 3.37. The van der Waals surface area contributed by atoms with E-state index in [1.165, 1.54) is 17.4 Å². The first-order valence-electron chi connectivity index (χ1n) is 8.55. The molecule has 0 aliphatic carbocycles. The van der Waals surface area contributed by atoms with Gasteiger partial charge in [0.25, 0.3) is 5.91 Å². The lowest BCUT2D eigenvalue weighted by Crippen LogP contribution is -2.36. The predicted molar refractivity (Wildman–Crippen MR) is 107 cm³/mol. The van der Waals surface area contributed by atoms with Gasteiger partial charge in [-0.2, -0.15) is 0 Å². The van der Waals surface area contributed by atoms with Crippen molar-refractivity contribution in [3.8, 4) is 0 Å². The largest absolute Gasteiger partial charge is 0.378 e. The molecule has 2 heterocycles. The first kappa shape index (κ1) is 16.9. The van der Waals surface area contributed by atoms with E-state index in [1.54, 1.807) is 0 Å². The zero-order valence-corrected chi connectivity index (χ0v) is 15.0. The van der Waals surface area contributed by atoms with Crippen molar-refractivity contribution in [3.63, 3.8) is 0 Å². The summed E-state index contributed by atoms with van der Waals surface area (Å²) >= 11 is 1.36. The number of para-hydroxylation sites is 1. The summed E-state index contributed by atoms with van der Waals surface area (Å²) in [5, 5.41) is 3.43. The molecule has 2 fully saturated rings. The summed E-state index contributed by atoms with van der Waals surface area (Å²) in [7, 11) is 0. The maximum Gasteiger partial charge on any atom is 0.264 e. The third-order valence-electron chi connectivity index (χ3n) is 4.20. The van der Waals surface area contributed by atoms with Gasteiger partial charge < -0.3 is 15.0 Å². The van der Waals surface area contributed by atoms with Gasteiger partial charge in [0, 0.05) is 18.8 Å². The standard InChI is InChI=1S/C20H19N3O2S/c24-19-18(26-20(22-19)21-16-4-2-1-3-5-16)14-15-6-8-17(9-7-15)23-10-12-25-13-11-23/h1-9,14H,10-13H2,(H,21,22,24)/b18-14-. The lowest BCUT2D eigenvalue weighted by Gasteiger charge is -2.28. The van der Waals surface area contributed by atoms with E-state index in [-0.39, 0.29) is 5.91 Å². The molecule has 1 amide bonds. The lowest BCUT2D eigenvalue weighted by molar-refractivity contribution is -0.115. The number of rotatable bonds is 3. The number of nitrogens with zero attached hydrogens (tertiary/aromatic N) is 2. The van der Waals surface area contributed by atoms with Gasteiger partial charge in [0.15, 0.2) is 5.17 Å². The lowest BCUT2D eigenvalue weighted by atomic mass is 10.1. The zero-order chi connectivity index (χ0) is 17.8. The van der Waals surface area contributed by atoms with Crippen LogP contribution in [0.5, 0.6) is 0 Å². The van der Waals surface area contributed by atoms with Crippen LogP contribution in [0.1, 0.15) is 5.56 Å². The van der Waals surface area contributed by atoms with Crippen LogP contribution in [0.15, 0.2) is 64.5 Å². The van der Waals surface area contributed by atoms with Crippen LogP contribution in [-0.2, 0) is 9.53 Å². The SMILES string of the molecule is O=C1NC(=Nc2ccccc2)S/C1=C\c1ccc(N2CCOCC2)cc1. The minimum Gasteiger partial charge on any atom is -0.378 e. The van der Waals surface area contributed by atoms with Crippen molar-refractivity contribution in [2.45, 2.75) is 0 Å². The first-order valence-corrected chi connectivity index (χ1v) is 9.37. The summed E-state index contributed by atoms with van der Waals surface area (Å²) in [6, 6.07) is 17.9. The molecule has 1 N–H and O–H groups in total. The normalized spacial score (nSPS) is 20.6. The Hall–Kier alpha value is -2.57. The van der Waals surface area contributed by atoms with E-state index in [1.807, 2.05) is 48.5 Å². The Morgan fingerprint density at radius 2 is 1.77 bits per heavy atom. The summed E-state index contributed by atoms with van der Waals surface area (Å²) in [6.07, 6.45) is 1.90. The summed E-state index contributed by atoms with van der Waals surface area (Å²) in [4.78, 5) is 19.6. The number of hydrogen-bond acceptors (Lipinski definition) is 5. The highest BCUT2D eigenvalue weighted by Crippen LogP contribution is 2.28. The molecule has 26 heavy (non-hydrogen) atoms. The van der Waals surface area contributed by atoms with E-state index in [9.17, 15) is 4.79 Å². The van der Waals surface area contributed by atoms with Gasteiger partial charge >= 0.3 is 0 Å². The fraction of sp³-hybridized carbons (Fsp3) is 0.200. The van der Waals surface area contributed by atoms with Crippen LogP contribution >= 0.6 is 11.8 Å². The Kier molecular flexibility index (Phi) is 5.04. The average Bonchev–Trinajstić information content (AvgIpc) is 3.03. The Balaban J connectivity index is 1.47. The van der Waals surface area contributed by atoms with Gasteiger partial charge in [-0.25, -0.2) is 4.99 Å². The maximum atomic E-state index is 12.2. The second kappa shape index (κ2) is 7.76. The fourth-order valence-corrected chi connectivity index (χ4v) is 3.70. The molecule has 2 aliphatic rings. The van der Waals surface area contributed by atoms with Gasteiger partial charge in [-0.15, -0.1) is 0 Å². The highest BCUT2D eigenvalue weighted by Gasteiger charge is 2.23. The van der Waals surface area contributed by atoms with Crippen LogP contribution in [0.3, 0.4) is 0 Å². The van der Waals surface area contributed by atoms with E-state index in [4.69, 9.17) is 4.74 Å². The number of morpholine rings is 1. The quantitative estimate of drug-likeness (QED) is 0.847. The van der Waals surface area contributed by atoms with Crippen LogP contribution < -0.4 is 10.2 Å². The second-order valence-corrected chi connectivity index (χ2v) is 7.04. The number of amides is 1. The highest BCUT2D eigenvalue weighted by molar-refractivity contribution is 8.18. The zero-order valence-electron chi connectivity index (χ0n) is 14.2. The molecule has 0 aromatic heterocycles. The molecule has 0 unspecified atom stereocenters. The molecule has 0 atom stereocenters. The maximum absolute atomic E-state index is 12.2. The van der Waals surface area contributed by atoms with Crippen molar-refractivity contribution in [1.82, 2.24) is 5.32 Å². The minimum absolute atomic E-state index is 0.109. The molecule has 0 spiro atoms. The average molecular weight is 365 g/mol. The van der Waals surface area contributed by atoms with Crippen LogP contribution in [0, 0.1) is 0 Å². The Morgan fingerprint density at radius 1 is 1.04 bits per heavy atom. The van der Waals surface area contributed by atoms with Crippen molar-refractivity contribution in [2.75, 3.05) is 31.2 Å². The predicted octanol–water partition coefficient (Wildman–Crippen LogP) is 3.41. The van der Waals surface area contributed by atoms with Gasteiger partial charge in [0.1, 0.15) is 0 Å².